The van der Waals surface area contributed by atoms with Gasteiger partial charge in [0.15, 0.2) is 22.9 Å². The van der Waals surface area contributed by atoms with Crippen LogP contribution in [0.5, 0.6) is 5.75 Å². The van der Waals surface area contributed by atoms with Gasteiger partial charge >= 0.3 is 12.4 Å². The molecule has 1 saturated heterocycles. The fraction of sp³-hybridized carbons (Fsp3) is 0.375. The number of ether oxygens (including phenoxy) is 1. The lowest BCUT2D eigenvalue weighted by atomic mass is 9.97. The van der Waals surface area contributed by atoms with Gasteiger partial charge in [0.05, 0.1) is 24.0 Å². The fourth-order valence-electron chi connectivity index (χ4n) is 3.79. The number of rotatable bonds is 6. The quantitative estimate of drug-likeness (QED) is 0.419. The highest BCUT2D eigenvalue weighted by atomic mass is 19.4. The zero-order chi connectivity index (χ0) is 29.6. The first-order valence-corrected chi connectivity index (χ1v) is 11.6. The number of amides is 2. The lowest BCUT2D eigenvalue weighted by molar-refractivity contribution is -0.234. The molecule has 0 aliphatic carbocycles. The summed E-state index contributed by atoms with van der Waals surface area (Å²) in [7, 11) is 0. The van der Waals surface area contributed by atoms with Crippen molar-refractivity contribution >= 4 is 17.6 Å². The second-order valence-electron chi connectivity index (χ2n) is 9.50. The minimum atomic E-state index is -4.80. The normalized spacial score (nSPS) is 18.0. The van der Waals surface area contributed by atoms with Crippen LogP contribution < -0.4 is 15.4 Å². The molecular formula is C24H21F7N6O3. The standard InChI is InChI=1S/C24H21F7N6O3/c1-11-15(8-34-20(11)38)21(39)35-18-7-16(37(36-18)19-10-32-17(9-33-19)23(26,27)28)12-4-13(25)6-14(5-12)40-22(2,3)24(29,30)31/h4-7,9-11,15H,8H2,1-3H3,(H,34,38)(H,35,36,39)/t11-,15+/m1/s1. The van der Waals surface area contributed by atoms with Crippen molar-refractivity contribution in [1.82, 2.24) is 25.1 Å². The molecule has 2 N–H and O–H groups in total. The molecule has 1 fully saturated rings. The van der Waals surface area contributed by atoms with E-state index in [0.717, 1.165) is 42.9 Å². The SMILES string of the molecule is C[C@H]1C(=O)NC[C@@H]1C(=O)Nc1cc(-c2cc(F)cc(OC(C)(C)C(F)(F)F)c2)n(-c2cnc(C(F)(F)F)cn2)n1. The summed E-state index contributed by atoms with van der Waals surface area (Å²) in [4.78, 5) is 31.6. The summed E-state index contributed by atoms with van der Waals surface area (Å²) in [6.45, 7) is 3.10. The Labute approximate surface area is 221 Å². The first-order valence-electron chi connectivity index (χ1n) is 11.6. The Morgan fingerprint density at radius 3 is 2.33 bits per heavy atom. The van der Waals surface area contributed by atoms with Gasteiger partial charge in [-0.15, -0.1) is 5.10 Å². The van der Waals surface area contributed by atoms with Gasteiger partial charge in [0.1, 0.15) is 11.6 Å². The van der Waals surface area contributed by atoms with Gasteiger partial charge < -0.3 is 15.4 Å². The number of anilines is 1. The summed E-state index contributed by atoms with van der Waals surface area (Å²) in [5, 5.41) is 9.16. The van der Waals surface area contributed by atoms with Crippen LogP contribution in [-0.2, 0) is 15.8 Å². The van der Waals surface area contributed by atoms with Crippen molar-refractivity contribution in [1.29, 1.82) is 0 Å². The van der Waals surface area contributed by atoms with Crippen LogP contribution in [0.25, 0.3) is 17.1 Å². The second-order valence-corrected chi connectivity index (χ2v) is 9.50. The van der Waals surface area contributed by atoms with Crippen molar-refractivity contribution in [2.75, 3.05) is 11.9 Å². The number of hydrogen-bond donors (Lipinski definition) is 2. The number of carbonyl (C=O) groups is 2. The van der Waals surface area contributed by atoms with Crippen molar-refractivity contribution in [2.24, 2.45) is 11.8 Å². The molecule has 16 heteroatoms. The minimum Gasteiger partial charge on any atom is -0.478 e. The number of nitrogens with zero attached hydrogens (tertiary/aromatic N) is 4. The molecule has 0 saturated carbocycles. The lowest BCUT2D eigenvalue weighted by Crippen LogP contribution is -2.44. The van der Waals surface area contributed by atoms with Crippen molar-refractivity contribution in [3.63, 3.8) is 0 Å². The van der Waals surface area contributed by atoms with Gasteiger partial charge in [-0.1, -0.05) is 6.92 Å². The van der Waals surface area contributed by atoms with Crippen LogP contribution in [-0.4, -0.2) is 49.9 Å². The molecule has 0 radical (unpaired) electrons. The van der Waals surface area contributed by atoms with Crippen molar-refractivity contribution < 1.29 is 45.1 Å². The van der Waals surface area contributed by atoms with E-state index in [2.05, 4.69) is 25.7 Å². The number of nitrogens with one attached hydrogen (secondary N) is 2. The largest absolute Gasteiger partial charge is 0.478 e. The van der Waals surface area contributed by atoms with Crippen LogP contribution in [0.4, 0.5) is 36.6 Å². The predicted molar refractivity (Wildman–Crippen MR) is 125 cm³/mol. The van der Waals surface area contributed by atoms with Crippen molar-refractivity contribution in [3.05, 3.63) is 48.2 Å². The van der Waals surface area contributed by atoms with Crippen LogP contribution in [0.3, 0.4) is 0 Å². The molecule has 1 aliphatic heterocycles. The average Bonchev–Trinajstić information content (AvgIpc) is 3.40. The van der Waals surface area contributed by atoms with E-state index < -0.39 is 53.0 Å². The maximum atomic E-state index is 14.6. The summed E-state index contributed by atoms with van der Waals surface area (Å²) in [5.74, 6) is -4.28. The Kier molecular flexibility index (Phi) is 7.23. The minimum absolute atomic E-state index is 0.0589. The highest BCUT2D eigenvalue weighted by Crippen LogP contribution is 2.37. The van der Waals surface area contributed by atoms with Gasteiger partial charge in [0.25, 0.3) is 0 Å². The zero-order valence-corrected chi connectivity index (χ0v) is 21.0. The number of benzene rings is 1. The van der Waals surface area contributed by atoms with Gasteiger partial charge in [-0.25, -0.2) is 19.0 Å². The van der Waals surface area contributed by atoms with Gasteiger partial charge in [0, 0.05) is 30.2 Å². The smallest absolute Gasteiger partial charge is 0.434 e. The van der Waals surface area contributed by atoms with Crippen LogP contribution >= 0.6 is 0 Å². The van der Waals surface area contributed by atoms with E-state index in [0.29, 0.717) is 6.20 Å². The maximum Gasteiger partial charge on any atom is 0.434 e. The Balaban J connectivity index is 1.77. The van der Waals surface area contributed by atoms with E-state index >= 15 is 0 Å². The molecule has 0 spiro atoms. The molecule has 3 heterocycles. The molecule has 0 bridgehead atoms. The van der Waals surface area contributed by atoms with E-state index in [-0.39, 0.29) is 35.3 Å². The van der Waals surface area contributed by atoms with E-state index in [1.165, 1.54) is 6.07 Å². The second kappa shape index (κ2) is 10.1. The van der Waals surface area contributed by atoms with Gasteiger partial charge in [-0.05, 0) is 26.0 Å². The third kappa shape index (κ3) is 5.84. The Morgan fingerprint density at radius 1 is 1.07 bits per heavy atom. The number of aromatic nitrogens is 4. The van der Waals surface area contributed by atoms with Crippen LogP contribution in [0.1, 0.15) is 26.5 Å². The van der Waals surface area contributed by atoms with Crippen LogP contribution in [0, 0.1) is 17.7 Å². The van der Waals surface area contributed by atoms with E-state index in [9.17, 15) is 40.3 Å². The zero-order valence-electron chi connectivity index (χ0n) is 21.0. The molecule has 214 valence electrons. The predicted octanol–water partition coefficient (Wildman–Crippen LogP) is 4.53. The topological polar surface area (TPSA) is 111 Å². The number of hydrogen-bond acceptors (Lipinski definition) is 6. The monoisotopic (exact) mass is 574 g/mol. The molecule has 4 rings (SSSR count). The Hall–Kier alpha value is -4.24. The summed E-state index contributed by atoms with van der Waals surface area (Å²) in [6, 6.07) is 3.92. The molecule has 1 aliphatic rings. The fourth-order valence-corrected chi connectivity index (χ4v) is 3.79. The lowest BCUT2D eigenvalue weighted by Gasteiger charge is -2.29. The molecule has 1 aromatic carbocycles. The highest BCUT2D eigenvalue weighted by molar-refractivity contribution is 5.98. The highest BCUT2D eigenvalue weighted by Gasteiger charge is 2.50. The molecule has 2 atom stereocenters. The molecule has 2 amide bonds. The van der Waals surface area contributed by atoms with Crippen molar-refractivity contribution in [2.45, 2.75) is 38.7 Å². The summed E-state index contributed by atoms with van der Waals surface area (Å²) < 4.78 is 99.5. The molecule has 9 nitrogen and oxygen atoms in total. The Bertz CT molecular complexity index is 1430. The first-order chi connectivity index (χ1) is 18.5. The van der Waals surface area contributed by atoms with Crippen LogP contribution in [0.15, 0.2) is 36.7 Å². The van der Waals surface area contributed by atoms with E-state index in [4.69, 9.17) is 4.74 Å². The van der Waals surface area contributed by atoms with Crippen LogP contribution in [0.2, 0.25) is 0 Å². The van der Waals surface area contributed by atoms with Crippen molar-refractivity contribution in [3.8, 4) is 22.8 Å². The summed E-state index contributed by atoms with van der Waals surface area (Å²) >= 11 is 0. The first kappa shape index (κ1) is 28.8. The van der Waals surface area contributed by atoms with E-state index in [1.807, 2.05) is 0 Å². The molecule has 2 aromatic heterocycles. The molecule has 3 aromatic rings. The third-order valence-electron chi connectivity index (χ3n) is 6.18. The summed E-state index contributed by atoms with van der Waals surface area (Å²) in [5.41, 5.74) is -4.18. The molecule has 0 unspecified atom stereocenters. The maximum absolute atomic E-state index is 14.6. The van der Waals surface area contributed by atoms with E-state index in [1.54, 1.807) is 6.92 Å². The van der Waals surface area contributed by atoms with Gasteiger partial charge in [-0.2, -0.15) is 26.3 Å². The molecular weight excluding hydrogens is 553 g/mol. The Morgan fingerprint density at radius 2 is 1.77 bits per heavy atom. The number of halogens is 7. The van der Waals surface area contributed by atoms with Gasteiger partial charge in [-0.3, -0.25) is 9.59 Å². The molecule has 40 heavy (non-hydrogen) atoms. The number of carbonyl (C=O) groups excluding carboxylic acids is 2. The average molecular weight is 574 g/mol. The number of alkyl halides is 6. The summed E-state index contributed by atoms with van der Waals surface area (Å²) in [6.07, 6.45) is -8.43. The third-order valence-corrected chi connectivity index (χ3v) is 6.18. The van der Waals surface area contributed by atoms with Gasteiger partial charge in [0.2, 0.25) is 11.8 Å².